The van der Waals surface area contributed by atoms with Gasteiger partial charge in [-0.3, -0.25) is 4.99 Å². The Bertz CT molecular complexity index is 420. The standard InChI is InChI=1S/C19H33N3O.HI/c1-3-9-18(13-15-23)16-22-19(20-4-2)21-14-8-12-17-10-6-5-7-11-17;/h5-7,10-11,18,23H,3-4,8-9,12-16H2,1-2H3,(H2,20,21,22);1H. The van der Waals surface area contributed by atoms with Crippen LogP contribution < -0.4 is 10.6 Å². The molecule has 1 unspecified atom stereocenters. The predicted molar refractivity (Wildman–Crippen MR) is 114 cm³/mol. The normalized spacial score (nSPS) is 12.4. The van der Waals surface area contributed by atoms with Crippen LogP contribution in [0.25, 0.3) is 0 Å². The Morgan fingerprint density at radius 2 is 1.88 bits per heavy atom. The summed E-state index contributed by atoms with van der Waals surface area (Å²) in [7, 11) is 0. The molecule has 0 saturated carbocycles. The van der Waals surface area contributed by atoms with Gasteiger partial charge in [0.1, 0.15) is 0 Å². The Morgan fingerprint density at radius 1 is 1.12 bits per heavy atom. The fraction of sp³-hybridized carbons (Fsp3) is 0.632. The molecule has 5 heteroatoms. The maximum atomic E-state index is 9.13. The van der Waals surface area contributed by atoms with Crippen molar-refractivity contribution in [3.05, 3.63) is 35.9 Å². The number of guanidine groups is 1. The first kappa shape index (κ1) is 23.2. The highest BCUT2D eigenvalue weighted by Gasteiger charge is 2.07. The third kappa shape index (κ3) is 10.9. The molecule has 0 heterocycles. The van der Waals surface area contributed by atoms with Gasteiger partial charge < -0.3 is 15.7 Å². The van der Waals surface area contributed by atoms with E-state index in [1.165, 1.54) is 5.56 Å². The van der Waals surface area contributed by atoms with E-state index in [0.717, 1.165) is 57.7 Å². The van der Waals surface area contributed by atoms with Crippen molar-refractivity contribution in [3.8, 4) is 0 Å². The Hall–Kier alpha value is -0.820. The number of nitrogens with zero attached hydrogens (tertiary/aromatic N) is 1. The number of aliphatic hydroxyl groups excluding tert-OH is 1. The van der Waals surface area contributed by atoms with Gasteiger partial charge in [0.05, 0.1) is 0 Å². The van der Waals surface area contributed by atoms with Crippen LogP contribution in [-0.4, -0.2) is 37.3 Å². The second-order valence-corrected chi connectivity index (χ2v) is 5.90. The lowest BCUT2D eigenvalue weighted by atomic mass is 10.0. The summed E-state index contributed by atoms with van der Waals surface area (Å²) in [6, 6.07) is 10.6. The number of aliphatic hydroxyl groups is 1. The number of rotatable bonds is 11. The van der Waals surface area contributed by atoms with Crippen molar-refractivity contribution in [2.24, 2.45) is 10.9 Å². The minimum atomic E-state index is 0. The second kappa shape index (κ2) is 15.7. The maximum Gasteiger partial charge on any atom is 0.191 e. The number of hydrogen-bond donors (Lipinski definition) is 3. The van der Waals surface area contributed by atoms with Gasteiger partial charge in [-0.2, -0.15) is 0 Å². The van der Waals surface area contributed by atoms with Crippen molar-refractivity contribution in [2.75, 3.05) is 26.2 Å². The molecule has 0 saturated heterocycles. The van der Waals surface area contributed by atoms with Crippen LogP contribution in [0, 0.1) is 5.92 Å². The molecule has 0 bridgehead atoms. The van der Waals surface area contributed by atoms with E-state index < -0.39 is 0 Å². The van der Waals surface area contributed by atoms with E-state index in [1.807, 2.05) is 0 Å². The average Bonchev–Trinajstić information content (AvgIpc) is 2.57. The van der Waals surface area contributed by atoms with Crippen LogP contribution >= 0.6 is 24.0 Å². The molecule has 1 aromatic carbocycles. The van der Waals surface area contributed by atoms with Crippen molar-refractivity contribution in [1.82, 2.24) is 10.6 Å². The minimum absolute atomic E-state index is 0. The van der Waals surface area contributed by atoms with E-state index in [0.29, 0.717) is 5.92 Å². The first-order valence-electron chi connectivity index (χ1n) is 8.97. The lowest BCUT2D eigenvalue weighted by molar-refractivity contribution is 0.253. The van der Waals surface area contributed by atoms with Crippen LogP contribution in [0.5, 0.6) is 0 Å². The summed E-state index contributed by atoms with van der Waals surface area (Å²) in [5.74, 6) is 1.37. The number of benzene rings is 1. The van der Waals surface area contributed by atoms with Crippen LogP contribution in [-0.2, 0) is 6.42 Å². The largest absolute Gasteiger partial charge is 0.396 e. The highest BCUT2D eigenvalue weighted by atomic mass is 127. The molecule has 0 aliphatic carbocycles. The van der Waals surface area contributed by atoms with Crippen LogP contribution in [0.1, 0.15) is 45.1 Å². The van der Waals surface area contributed by atoms with Gasteiger partial charge in [0, 0.05) is 26.2 Å². The van der Waals surface area contributed by atoms with E-state index in [9.17, 15) is 0 Å². The molecule has 1 rings (SSSR count). The molecule has 0 aromatic heterocycles. The number of aliphatic imine (C=N–C) groups is 1. The highest BCUT2D eigenvalue weighted by molar-refractivity contribution is 14.0. The van der Waals surface area contributed by atoms with Crippen LogP contribution in [0.15, 0.2) is 35.3 Å². The number of hydrogen-bond acceptors (Lipinski definition) is 2. The van der Waals surface area contributed by atoms with Gasteiger partial charge in [-0.15, -0.1) is 24.0 Å². The molecule has 0 fully saturated rings. The van der Waals surface area contributed by atoms with Gasteiger partial charge in [0.15, 0.2) is 5.96 Å². The summed E-state index contributed by atoms with van der Waals surface area (Å²) in [4.78, 5) is 4.68. The fourth-order valence-corrected chi connectivity index (χ4v) is 2.62. The third-order valence-corrected chi connectivity index (χ3v) is 3.86. The van der Waals surface area contributed by atoms with Gasteiger partial charge in [-0.05, 0) is 44.1 Å². The van der Waals surface area contributed by atoms with Crippen molar-refractivity contribution in [1.29, 1.82) is 0 Å². The number of halogens is 1. The first-order chi connectivity index (χ1) is 11.3. The van der Waals surface area contributed by atoms with E-state index in [-0.39, 0.29) is 30.6 Å². The predicted octanol–water partition coefficient (Wildman–Crippen LogP) is 3.59. The second-order valence-electron chi connectivity index (χ2n) is 5.90. The topological polar surface area (TPSA) is 56.7 Å². The van der Waals surface area contributed by atoms with E-state index >= 15 is 0 Å². The lowest BCUT2D eigenvalue weighted by Crippen LogP contribution is -2.38. The molecule has 1 atom stereocenters. The van der Waals surface area contributed by atoms with E-state index in [1.54, 1.807) is 0 Å². The monoisotopic (exact) mass is 447 g/mol. The van der Waals surface area contributed by atoms with Crippen molar-refractivity contribution >= 4 is 29.9 Å². The Balaban J connectivity index is 0.00000529. The number of aryl methyl sites for hydroxylation is 1. The van der Waals surface area contributed by atoms with Crippen molar-refractivity contribution in [2.45, 2.75) is 46.0 Å². The van der Waals surface area contributed by atoms with E-state index in [4.69, 9.17) is 5.11 Å². The maximum absolute atomic E-state index is 9.13. The number of nitrogens with one attached hydrogen (secondary N) is 2. The van der Waals surface area contributed by atoms with Gasteiger partial charge in [-0.25, -0.2) is 0 Å². The zero-order valence-electron chi connectivity index (χ0n) is 15.1. The van der Waals surface area contributed by atoms with Crippen LogP contribution in [0.2, 0.25) is 0 Å². The summed E-state index contributed by atoms with van der Waals surface area (Å²) >= 11 is 0. The SMILES string of the molecule is CCCC(CCO)CN=C(NCC)NCCCc1ccccc1.I. The van der Waals surface area contributed by atoms with Gasteiger partial charge in [0.2, 0.25) is 0 Å². The molecule has 1 aromatic rings. The molecule has 0 spiro atoms. The molecule has 138 valence electrons. The van der Waals surface area contributed by atoms with Gasteiger partial charge in [0.25, 0.3) is 0 Å². The van der Waals surface area contributed by atoms with Gasteiger partial charge >= 0.3 is 0 Å². The molecular weight excluding hydrogens is 413 g/mol. The van der Waals surface area contributed by atoms with Crippen LogP contribution in [0.3, 0.4) is 0 Å². The Labute approximate surface area is 164 Å². The minimum Gasteiger partial charge on any atom is -0.396 e. The van der Waals surface area contributed by atoms with Crippen molar-refractivity contribution < 1.29 is 5.11 Å². The summed E-state index contributed by atoms with van der Waals surface area (Å²) in [6.07, 6.45) is 5.27. The van der Waals surface area contributed by atoms with Crippen molar-refractivity contribution in [3.63, 3.8) is 0 Å². The summed E-state index contributed by atoms with van der Waals surface area (Å²) in [5.41, 5.74) is 1.38. The Morgan fingerprint density at radius 3 is 2.50 bits per heavy atom. The average molecular weight is 447 g/mol. The zero-order valence-corrected chi connectivity index (χ0v) is 17.5. The molecular formula is C19H34IN3O. The fourth-order valence-electron chi connectivity index (χ4n) is 2.62. The summed E-state index contributed by atoms with van der Waals surface area (Å²) < 4.78 is 0. The molecule has 0 amide bonds. The summed E-state index contributed by atoms with van der Waals surface area (Å²) in [5, 5.41) is 15.8. The van der Waals surface area contributed by atoms with E-state index in [2.05, 4.69) is 59.8 Å². The molecule has 4 nitrogen and oxygen atoms in total. The molecule has 24 heavy (non-hydrogen) atoms. The third-order valence-electron chi connectivity index (χ3n) is 3.86. The highest BCUT2D eigenvalue weighted by Crippen LogP contribution is 2.11. The molecule has 0 aliphatic heterocycles. The Kier molecular flexibility index (Phi) is 15.2. The molecule has 0 aliphatic rings. The summed E-state index contributed by atoms with van der Waals surface area (Å²) in [6.45, 7) is 7.07. The van der Waals surface area contributed by atoms with Gasteiger partial charge in [-0.1, -0.05) is 43.7 Å². The van der Waals surface area contributed by atoms with Crippen LogP contribution in [0.4, 0.5) is 0 Å². The molecule has 3 N–H and O–H groups in total. The molecule has 0 radical (unpaired) electrons. The lowest BCUT2D eigenvalue weighted by Gasteiger charge is -2.15. The smallest absolute Gasteiger partial charge is 0.191 e. The quantitative estimate of drug-likeness (QED) is 0.210. The first-order valence-corrected chi connectivity index (χ1v) is 8.97. The zero-order chi connectivity index (χ0) is 16.8.